The van der Waals surface area contributed by atoms with Crippen molar-refractivity contribution in [2.24, 2.45) is 4.99 Å². The van der Waals surface area contributed by atoms with Crippen LogP contribution in [-0.4, -0.2) is 58.0 Å². The van der Waals surface area contributed by atoms with Gasteiger partial charge in [0, 0.05) is 25.8 Å². The zero-order chi connectivity index (χ0) is 17.6. The lowest BCUT2D eigenvalue weighted by molar-refractivity contribution is 0.0534. The molecule has 0 atom stereocenters. The van der Waals surface area contributed by atoms with Crippen molar-refractivity contribution in [3.8, 4) is 0 Å². The highest BCUT2D eigenvalue weighted by molar-refractivity contribution is 7.88. The van der Waals surface area contributed by atoms with Gasteiger partial charge in [-0.1, -0.05) is 18.7 Å². The lowest BCUT2D eigenvalue weighted by Crippen LogP contribution is -2.39. The number of hydrogen-bond donors (Lipinski definition) is 2. The maximum atomic E-state index is 12.1. The summed E-state index contributed by atoms with van der Waals surface area (Å²) in [5.41, 5.74) is 6.83. The summed E-state index contributed by atoms with van der Waals surface area (Å²) < 4.78 is 29.6. The molecule has 1 aliphatic rings. The van der Waals surface area contributed by atoms with Gasteiger partial charge in [-0.15, -0.1) is 4.83 Å². The van der Waals surface area contributed by atoms with E-state index in [1.54, 1.807) is 31.3 Å². The highest BCUT2D eigenvalue weighted by Crippen LogP contribution is 2.09. The van der Waals surface area contributed by atoms with Crippen LogP contribution in [-0.2, 0) is 20.5 Å². The molecule has 8 nitrogen and oxygen atoms in total. The third kappa shape index (κ3) is 5.84. The van der Waals surface area contributed by atoms with E-state index in [-0.39, 0.29) is 5.75 Å². The van der Waals surface area contributed by atoms with Crippen LogP contribution in [0.2, 0.25) is 0 Å². The number of benzene rings is 1. The van der Waals surface area contributed by atoms with E-state index in [1.165, 1.54) is 11.3 Å². The van der Waals surface area contributed by atoms with Gasteiger partial charge in [0.05, 0.1) is 19.0 Å². The molecule has 1 aromatic rings. The molecule has 132 valence electrons. The molecule has 1 fully saturated rings. The molecule has 9 heteroatoms. The summed E-state index contributed by atoms with van der Waals surface area (Å²) in [7, 11) is -1.97. The van der Waals surface area contributed by atoms with Crippen LogP contribution >= 0.6 is 0 Å². The van der Waals surface area contributed by atoms with Gasteiger partial charge in [0.1, 0.15) is 12.2 Å². The predicted octanol–water partition coefficient (Wildman–Crippen LogP) is 0.367. The van der Waals surface area contributed by atoms with Crippen LogP contribution in [0.15, 0.2) is 41.7 Å². The number of anilines is 1. The first-order valence-electron chi connectivity index (χ1n) is 7.49. The van der Waals surface area contributed by atoms with Gasteiger partial charge in [0.25, 0.3) is 0 Å². The molecule has 0 aliphatic carbocycles. The molecule has 2 rings (SSSR count). The summed E-state index contributed by atoms with van der Waals surface area (Å²) in [5, 5.41) is 1.29. The maximum Gasteiger partial charge on any atom is 0.232 e. The Kier molecular flexibility index (Phi) is 6.18. The molecule has 0 radical (unpaired) electrons. The second-order valence-corrected chi connectivity index (χ2v) is 7.16. The molecule has 0 bridgehead atoms. The van der Waals surface area contributed by atoms with Crippen LogP contribution < -0.4 is 10.6 Å². The first-order chi connectivity index (χ1) is 11.4. The van der Waals surface area contributed by atoms with Crippen LogP contribution in [0.3, 0.4) is 0 Å². The fraction of sp³-hybridized carbons (Fsp3) is 0.400. The van der Waals surface area contributed by atoms with Crippen molar-refractivity contribution in [2.75, 3.05) is 39.1 Å². The normalized spacial score (nSPS) is 15.6. The minimum atomic E-state index is -3.54. The number of nitrogens with two attached hydrogens (primary N) is 1. The quantitative estimate of drug-likeness (QED) is 0.318. The van der Waals surface area contributed by atoms with Crippen LogP contribution in [0.25, 0.3) is 0 Å². The highest BCUT2D eigenvalue weighted by Gasteiger charge is 2.14. The molecule has 0 spiro atoms. The summed E-state index contributed by atoms with van der Waals surface area (Å²) in [6.45, 7) is 6.60. The number of nitrogens with one attached hydrogen (secondary N) is 1. The molecule has 1 aliphatic heterocycles. The van der Waals surface area contributed by atoms with Crippen LogP contribution in [0, 0.1) is 0 Å². The number of sulfonamides is 1. The van der Waals surface area contributed by atoms with Crippen LogP contribution in [0.1, 0.15) is 5.56 Å². The summed E-state index contributed by atoms with van der Waals surface area (Å²) in [4.78, 5) is 8.59. The number of nitrogen functional groups attached to an aromatic ring is 1. The van der Waals surface area contributed by atoms with Gasteiger partial charge in [-0.05, 0) is 17.7 Å². The molecule has 0 aromatic heterocycles. The zero-order valence-electron chi connectivity index (χ0n) is 13.7. The first-order valence-corrected chi connectivity index (χ1v) is 9.14. The van der Waals surface area contributed by atoms with Crippen LogP contribution in [0.4, 0.5) is 5.69 Å². The topological polar surface area (TPSA) is 100 Å². The van der Waals surface area contributed by atoms with E-state index in [4.69, 9.17) is 10.5 Å². The molecule has 0 unspecified atom stereocenters. The van der Waals surface area contributed by atoms with Crippen molar-refractivity contribution in [1.82, 2.24) is 14.7 Å². The van der Waals surface area contributed by atoms with E-state index >= 15 is 0 Å². The van der Waals surface area contributed by atoms with E-state index in [0.717, 1.165) is 13.1 Å². The Morgan fingerprint density at radius 3 is 2.67 bits per heavy atom. The Labute approximate surface area is 142 Å². The third-order valence-electron chi connectivity index (χ3n) is 3.38. The molecule has 0 amide bonds. The number of aliphatic imine (C=N–C) groups is 1. The Hall–Kier alpha value is -2.10. The molecule has 0 saturated carbocycles. The van der Waals surface area contributed by atoms with Crippen molar-refractivity contribution in [2.45, 2.75) is 5.75 Å². The van der Waals surface area contributed by atoms with E-state index in [1.807, 2.05) is 4.90 Å². The fourth-order valence-electron chi connectivity index (χ4n) is 2.16. The molecular formula is C15H23N5O3S. The summed E-state index contributed by atoms with van der Waals surface area (Å²) >= 11 is 0. The van der Waals surface area contributed by atoms with Gasteiger partial charge >= 0.3 is 0 Å². The summed E-state index contributed by atoms with van der Waals surface area (Å²) in [5.74, 6) is 0.429. The van der Waals surface area contributed by atoms with Crippen molar-refractivity contribution in [3.05, 3.63) is 42.2 Å². The highest BCUT2D eigenvalue weighted by atomic mass is 32.2. The predicted molar refractivity (Wildman–Crippen MR) is 94.4 cm³/mol. The van der Waals surface area contributed by atoms with Gasteiger partial charge in [-0.3, -0.25) is 5.01 Å². The fourth-order valence-corrected chi connectivity index (χ4v) is 3.35. The SMILES string of the molecule is C=C(/N=C\N(C)NS(=O)(=O)Cc1ccc(N)cc1)N1CCOCC1. The van der Waals surface area contributed by atoms with Gasteiger partial charge < -0.3 is 15.4 Å². The minimum absolute atomic E-state index is 0.143. The number of nitrogens with zero attached hydrogens (tertiary/aromatic N) is 3. The van der Waals surface area contributed by atoms with E-state index < -0.39 is 10.0 Å². The zero-order valence-corrected chi connectivity index (χ0v) is 14.5. The Morgan fingerprint density at radius 2 is 2.04 bits per heavy atom. The molecule has 1 saturated heterocycles. The molecule has 1 heterocycles. The summed E-state index contributed by atoms with van der Waals surface area (Å²) in [6.07, 6.45) is 1.39. The lowest BCUT2D eigenvalue weighted by atomic mass is 10.2. The average molecular weight is 353 g/mol. The second kappa shape index (κ2) is 8.13. The van der Waals surface area contributed by atoms with Crippen molar-refractivity contribution in [1.29, 1.82) is 0 Å². The van der Waals surface area contributed by atoms with E-state index in [9.17, 15) is 8.42 Å². The number of hydrazine groups is 1. The molecular weight excluding hydrogens is 330 g/mol. The maximum absolute atomic E-state index is 12.1. The van der Waals surface area contributed by atoms with Crippen molar-refractivity contribution >= 4 is 22.0 Å². The van der Waals surface area contributed by atoms with Gasteiger partial charge in [-0.2, -0.15) is 0 Å². The third-order valence-corrected chi connectivity index (χ3v) is 4.66. The smallest absolute Gasteiger partial charge is 0.232 e. The number of hydrogen-bond acceptors (Lipinski definition) is 6. The Balaban J connectivity index is 1.87. The van der Waals surface area contributed by atoms with Gasteiger partial charge in [-0.25, -0.2) is 13.4 Å². The lowest BCUT2D eigenvalue weighted by Gasteiger charge is -2.28. The number of morpholine rings is 1. The van der Waals surface area contributed by atoms with E-state index in [2.05, 4.69) is 16.4 Å². The molecule has 3 N–H and O–H groups in total. The monoisotopic (exact) mass is 353 g/mol. The van der Waals surface area contributed by atoms with Gasteiger partial charge in [0.15, 0.2) is 0 Å². The average Bonchev–Trinajstić information content (AvgIpc) is 2.55. The minimum Gasteiger partial charge on any atom is -0.399 e. The Morgan fingerprint density at radius 1 is 1.42 bits per heavy atom. The van der Waals surface area contributed by atoms with Crippen LogP contribution in [0.5, 0.6) is 0 Å². The number of ether oxygens (including phenoxy) is 1. The standard InChI is InChI=1S/C15H23N5O3S/c1-13(20-7-9-23-10-8-20)17-12-19(2)18-24(21,22)11-14-3-5-15(16)6-4-14/h3-6,12,18H,1,7-11,16H2,2H3/b17-12-. The van der Waals surface area contributed by atoms with Crippen molar-refractivity contribution in [3.63, 3.8) is 0 Å². The first kappa shape index (κ1) is 18.2. The molecule has 24 heavy (non-hydrogen) atoms. The Bertz CT molecular complexity index is 682. The largest absolute Gasteiger partial charge is 0.399 e. The number of rotatable bonds is 7. The molecule has 1 aromatic carbocycles. The second-order valence-electron chi connectivity index (χ2n) is 5.46. The van der Waals surface area contributed by atoms with Gasteiger partial charge in [0.2, 0.25) is 10.0 Å². The summed E-state index contributed by atoms with van der Waals surface area (Å²) in [6, 6.07) is 6.70. The van der Waals surface area contributed by atoms with Crippen molar-refractivity contribution < 1.29 is 13.2 Å². The van der Waals surface area contributed by atoms with E-state index in [0.29, 0.717) is 30.3 Å².